The Morgan fingerprint density at radius 3 is 2.92 bits per heavy atom. The van der Waals surface area contributed by atoms with E-state index in [1.165, 1.54) is 12.8 Å². The Morgan fingerprint density at radius 1 is 1.31 bits per heavy atom. The van der Waals surface area contributed by atoms with E-state index in [1.54, 1.807) is 12.4 Å². The fourth-order valence-electron chi connectivity index (χ4n) is 1.92. The summed E-state index contributed by atoms with van der Waals surface area (Å²) < 4.78 is 0. The summed E-state index contributed by atoms with van der Waals surface area (Å²) in [6, 6.07) is 0. The van der Waals surface area contributed by atoms with Crippen LogP contribution in [0.3, 0.4) is 0 Å². The summed E-state index contributed by atoms with van der Waals surface area (Å²) >= 11 is 6.11. The van der Waals surface area contributed by atoms with Gasteiger partial charge in [-0.1, -0.05) is 6.42 Å². The number of alkyl halides is 1. The fourth-order valence-corrected chi connectivity index (χ4v) is 2.29. The molecule has 1 saturated carbocycles. The van der Waals surface area contributed by atoms with Crippen molar-refractivity contribution in [1.82, 2.24) is 9.97 Å². The van der Waals surface area contributed by atoms with E-state index in [4.69, 9.17) is 11.6 Å². The van der Waals surface area contributed by atoms with Gasteiger partial charge in [0.1, 0.15) is 0 Å². The average Bonchev–Trinajstić information content (AvgIpc) is 2.19. The summed E-state index contributed by atoms with van der Waals surface area (Å²) in [4.78, 5) is 8.40. The molecule has 2 rings (SSSR count). The van der Waals surface area contributed by atoms with Crippen LogP contribution in [0.2, 0.25) is 0 Å². The zero-order valence-electron chi connectivity index (χ0n) is 7.49. The molecule has 0 amide bonds. The highest BCUT2D eigenvalue weighted by atomic mass is 35.5. The molecule has 70 valence electrons. The number of rotatable bonds is 1. The van der Waals surface area contributed by atoms with Crippen LogP contribution >= 0.6 is 11.6 Å². The predicted molar refractivity (Wildman–Crippen MR) is 52.9 cm³/mol. The van der Waals surface area contributed by atoms with Gasteiger partial charge >= 0.3 is 0 Å². The van der Waals surface area contributed by atoms with Crippen molar-refractivity contribution in [3.8, 4) is 0 Å². The molecule has 1 aliphatic carbocycles. The van der Waals surface area contributed by atoms with Crippen LogP contribution in [-0.2, 0) is 0 Å². The van der Waals surface area contributed by atoms with Crippen LogP contribution in [-0.4, -0.2) is 15.3 Å². The van der Waals surface area contributed by atoms with Crippen LogP contribution < -0.4 is 0 Å². The first-order chi connectivity index (χ1) is 6.36. The highest BCUT2D eigenvalue weighted by molar-refractivity contribution is 6.20. The molecule has 2 nitrogen and oxygen atoms in total. The van der Waals surface area contributed by atoms with Gasteiger partial charge in [-0.2, -0.15) is 0 Å². The van der Waals surface area contributed by atoms with Gasteiger partial charge in [-0.05, 0) is 19.3 Å². The summed E-state index contributed by atoms with van der Waals surface area (Å²) in [5, 5.41) is 0.334. The molecule has 13 heavy (non-hydrogen) atoms. The summed E-state index contributed by atoms with van der Waals surface area (Å²) in [5.74, 6) is 0.532. The number of halogens is 1. The monoisotopic (exact) mass is 196 g/mol. The predicted octanol–water partition coefficient (Wildman–Crippen LogP) is 2.74. The quantitative estimate of drug-likeness (QED) is 0.646. The van der Waals surface area contributed by atoms with E-state index in [0.717, 1.165) is 18.5 Å². The highest BCUT2D eigenvalue weighted by Gasteiger charge is 2.22. The highest BCUT2D eigenvalue weighted by Crippen LogP contribution is 2.33. The molecule has 3 heteroatoms. The van der Waals surface area contributed by atoms with Gasteiger partial charge in [0.25, 0.3) is 0 Å². The molecule has 0 N–H and O–H groups in total. The standard InChI is InChI=1S/C10H13ClN2/c11-9-3-1-2-8(6-9)10-7-12-4-5-13-10/h4-5,7-9H,1-3,6H2. The van der Waals surface area contributed by atoms with Gasteiger partial charge in [0, 0.05) is 29.9 Å². The van der Waals surface area contributed by atoms with Crippen molar-refractivity contribution in [1.29, 1.82) is 0 Å². The molecular formula is C10H13ClN2. The first-order valence-electron chi connectivity index (χ1n) is 4.76. The lowest BCUT2D eigenvalue weighted by Gasteiger charge is -2.24. The molecule has 0 bridgehead atoms. The van der Waals surface area contributed by atoms with Crippen molar-refractivity contribution in [2.24, 2.45) is 0 Å². The topological polar surface area (TPSA) is 25.8 Å². The second-order valence-electron chi connectivity index (χ2n) is 3.59. The molecule has 1 heterocycles. The minimum atomic E-state index is 0.334. The fraction of sp³-hybridized carbons (Fsp3) is 0.600. The third-order valence-corrected chi connectivity index (χ3v) is 3.01. The van der Waals surface area contributed by atoms with Gasteiger partial charge in [-0.3, -0.25) is 9.97 Å². The van der Waals surface area contributed by atoms with Gasteiger partial charge in [0.2, 0.25) is 0 Å². The molecule has 1 aliphatic rings. The maximum atomic E-state index is 6.11. The van der Waals surface area contributed by atoms with Crippen LogP contribution in [0.1, 0.15) is 37.3 Å². The number of hydrogen-bond acceptors (Lipinski definition) is 2. The van der Waals surface area contributed by atoms with Crippen molar-refractivity contribution in [3.63, 3.8) is 0 Å². The van der Waals surface area contributed by atoms with Crippen LogP contribution in [0, 0.1) is 0 Å². The molecule has 2 atom stereocenters. The van der Waals surface area contributed by atoms with Crippen LogP contribution in [0.4, 0.5) is 0 Å². The average molecular weight is 197 g/mol. The molecule has 1 fully saturated rings. The Bertz CT molecular complexity index is 263. The first kappa shape index (κ1) is 8.95. The van der Waals surface area contributed by atoms with Gasteiger partial charge < -0.3 is 0 Å². The SMILES string of the molecule is ClC1CCCC(c2cnccn2)C1. The zero-order valence-corrected chi connectivity index (χ0v) is 8.24. The summed E-state index contributed by atoms with van der Waals surface area (Å²) in [6.07, 6.45) is 9.97. The minimum Gasteiger partial charge on any atom is -0.261 e. The molecule has 2 unspecified atom stereocenters. The molecule has 1 aromatic heterocycles. The maximum Gasteiger partial charge on any atom is 0.0618 e. The summed E-state index contributed by atoms with van der Waals surface area (Å²) in [5.41, 5.74) is 1.10. The van der Waals surface area contributed by atoms with E-state index in [9.17, 15) is 0 Å². The van der Waals surface area contributed by atoms with Crippen molar-refractivity contribution in [2.75, 3.05) is 0 Å². The molecule has 0 aromatic carbocycles. The van der Waals surface area contributed by atoms with E-state index in [-0.39, 0.29) is 0 Å². The Labute approximate surface area is 83.4 Å². The van der Waals surface area contributed by atoms with E-state index in [2.05, 4.69) is 9.97 Å². The van der Waals surface area contributed by atoms with Crippen molar-refractivity contribution in [3.05, 3.63) is 24.3 Å². The minimum absolute atomic E-state index is 0.334. The molecule has 0 aliphatic heterocycles. The lowest BCUT2D eigenvalue weighted by molar-refractivity contribution is 0.441. The number of hydrogen-bond donors (Lipinski definition) is 0. The zero-order chi connectivity index (χ0) is 9.10. The van der Waals surface area contributed by atoms with E-state index < -0.39 is 0 Å². The molecular weight excluding hydrogens is 184 g/mol. The van der Waals surface area contributed by atoms with Crippen LogP contribution in [0.15, 0.2) is 18.6 Å². The summed E-state index contributed by atoms with van der Waals surface area (Å²) in [7, 11) is 0. The number of nitrogens with zero attached hydrogens (tertiary/aromatic N) is 2. The molecule has 0 radical (unpaired) electrons. The van der Waals surface area contributed by atoms with Crippen molar-refractivity contribution < 1.29 is 0 Å². The third-order valence-electron chi connectivity index (χ3n) is 2.61. The number of aromatic nitrogens is 2. The van der Waals surface area contributed by atoms with Crippen LogP contribution in [0.5, 0.6) is 0 Å². The second kappa shape index (κ2) is 4.05. The second-order valence-corrected chi connectivity index (χ2v) is 4.21. The molecule has 1 aromatic rings. The van der Waals surface area contributed by atoms with Crippen LogP contribution in [0.25, 0.3) is 0 Å². The Hall–Kier alpha value is -0.630. The van der Waals surface area contributed by atoms with Gasteiger partial charge in [0.05, 0.1) is 5.69 Å². The Kier molecular flexibility index (Phi) is 2.79. The summed E-state index contributed by atoms with van der Waals surface area (Å²) in [6.45, 7) is 0. The maximum absolute atomic E-state index is 6.11. The van der Waals surface area contributed by atoms with Gasteiger partial charge in [0.15, 0.2) is 0 Å². The first-order valence-corrected chi connectivity index (χ1v) is 5.20. The van der Waals surface area contributed by atoms with Crippen molar-refractivity contribution >= 4 is 11.6 Å². The van der Waals surface area contributed by atoms with Gasteiger partial charge in [-0.15, -0.1) is 11.6 Å². The van der Waals surface area contributed by atoms with Crippen molar-refractivity contribution in [2.45, 2.75) is 37.0 Å². The van der Waals surface area contributed by atoms with E-state index in [1.807, 2.05) is 6.20 Å². The van der Waals surface area contributed by atoms with E-state index >= 15 is 0 Å². The Balaban J connectivity index is 2.08. The Morgan fingerprint density at radius 2 is 2.23 bits per heavy atom. The largest absolute Gasteiger partial charge is 0.261 e. The molecule has 0 spiro atoms. The lowest BCUT2D eigenvalue weighted by Crippen LogP contribution is -2.14. The lowest BCUT2D eigenvalue weighted by atomic mass is 9.87. The normalized spacial score (nSPS) is 28.7. The third kappa shape index (κ3) is 2.19. The van der Waals surface area contributed by atoms with E-state index in [0.29, 0.717) is 11.3 Å². The van der Waals surface area contributed by atoms with Gasteiger partial charge in [-0.25, -0.2) is 0 Å². The smallest absolute Gasteiger partial charge is 0.0618 e. The molecule has 0 saturated heterocycles.